The second-order valence-electron chi connectivity index (χ2n) is 6.09. The minimum absolute atomic E-state index is 0.0211. The average Bonchev–Trinajstić information content (AvgIpc) is 3.16. The van der Waals surface area contributed by atoms with Crippen molar-refractivity contribution in [2.45, 2.75) is 6.04 Å². The number of amides is 2. The Labute approximate surface area is 139 Å². The number of nitrogens with one attached hydrogen (secondary N) is 1. The molecule has 0 unspecified atom stereocenters. The summed E-state index contributed by atoms with van der Waals surface area (Å²) in [5, 5.41) is 7.05. The highest BCUT2D eigenvalue weighted by Crippen LogP contribution is 2.16. The summed E-state index contributed by atoms with van der Waals surface area (Å²) in [5.41, 5.74) is 1.55. The van der Waals surface area contributed by atoms with Crippen LogP contribution in [0.15, 0.2) is 42.7 Å². The standard InChI is InChI=1S/C17H19N5O2/c23-16-15-12-21(11-10-20(15)9-7-18-16)17(24)13-2-4-14(5-3-13)22-8-1-6-19-22/h1-6,8,15H,7,9-12H2,(H,18,23)/t15-/m1/s1. The van der Waals surface area contributed by atoms with Crippen LogP contribution in [0.1, 0.15) is 10.4 Å². The molecule has 1 atom stereocenters. The highest BCUT2D eigenvalue weighted by molar-refractivity contribution is 5.95. The summed E-state index contributed by atoms with van der Waals surface area (Å²) < 4.78 is 1.75. The Morgan fingerprint density at radius 2 is 2.00 bits per heavy atom. The number of fused-ring (bicyclic) bond motifs is 1. The molecule has 1 aromatic carbocycles. The lowest BCUT2D eigenvalue weighted by molar-refractivity contribution is -0.131. The van der Waals surface area contributed by atoms with Crippen molar-refractivity contribution in [3.63, 3.8) is 0 Å². The zero-order chi connectivity index (χ0) is 16.5. The SMILES string of the molecule is O=C1NCCN2CCN(C(=O)c3ccc(-n4cccn4)cc3)C[C@H]12. The number of rotatable bonds is 2. The van der Waals surface area contributed by atoms with Crippen molar-refractivity contribution in [3.8, 4) is 5.69 Å². The first-order valence-corrected chi connectivity index (χ1v) is 8.13. The van der Waals surface area contributed by atoms with E-state index in [0.717, 1.165) is 18.8 Å². The van der Waals surface area contributed by atoms with Gasteiger partial charge in [0, 0.05) is 50.7 Å². The fourth-order valence-corrected chi connectivity index (χ4v) is 3.32. The molecule has 1 aromatic heterocycles. The number of hydrogen-bond acceptors (Lipinski definition) is 4. The van der Waals surface area contributed by atoms with Crippen molar-refractivity contribution < 1.29 is 9.59 Å². The van der Waals surface area contributed by atoms with E-state index in [2.05, 4.69) is 15.3 Å². The lowest BCUT2D eigenvalue weighted by atomic mass is 10.1. The molecule has 2 aromatic rings. The molecule has 1 N–H and O–H groups in total. The summed E-state index contributed by atoms with van der Waals surface area (Å²) >= 11 is 0. The van der Waals surface area contributed by atoms with E-state index in [1.54, 1.807) is 15.8 Å². The molecule has 0 spiro atoms. The van der Waals surface area contributed by atoms with Crippen LogP contribution >= 0.6 is 0 Å². The van der Waals surface area contributed by atoms with Crippen LogP contribution in [0.2, 0.25) is 0 Å². The molecule has 2 fully saturated rings. The van der Waals surface area contributed by atoms with E-state index in [1.807, 2.05) is 36.5 Å². The predicted molar refractivity (Wildman–Crippen MR) is 87.8 cm³/mol. The monoisotopic (exact) mass is 325 g/mol. The second-order valence-corrected chi connectivity index (χ2v) is 6.09. The van der Waals surface area contributed by atoms with Gasteiger partial charge in [-0.3, -0.25) is 14.5 Å². The van der Waals surface area contributed by atoms with Crippen LogP contribution in [0.5, 0.6) is 0 Å². The lowest BCUT2D eigenvalue weighted by Crippen LogP contribution is -2.64. The van der Waals surface area contributed by atoms with Gasteiger partial charge in [-0.1, -0.05) is 0 Å². The molecular weight excluding hydrogens is 306 g/mol. The van der Waals surface area contributed by atoms with Gasteiger partial charge in [-0.2, -0.15) is 5.10 Å². The van der Waals surface area contributed by atoms with Crippen molar-refractivity contribution >= 4 is 11.8 Å². The highest BCUT2D eigenvalue weighted by atomic mass is 16.2. The van der Waals surface area contributed by atoms with Crippen molar-refractivity contribution in [1.29, 1.82) is 0 Å². The quantitative estimate of drug-likeness (QED) is 0.852. The predicted octanol–water partition coefficient (Wildman–Crippen LogP) is 0.129. The zero-order valence-electron chi connectivity index (χ0n) is 13.3. The van der Waals surface area contributed by atoms with Gasteiger partial charge < -0.3 is 10.2 Å². The van der Waals surface area contributed by atoms with Crippen molar-refractivity contribution in [2.75, 3.05) is 32.7 Å². The van der Waals surface area contributed by atoms with Gasteiger partial charge in [0.05, 0.1) is 5.69 Å². The van der Waals surface area contributed by atoms with Gasteiger partial charge in [0.2, 0.25) is 5.91 Å². The van der Waals surface area contributed by atoms with Crippen LogP contribution < -0.4 is 5.32 Å². The third kappa shape index (κ3) is 2.67. The molecule has 2 amide bonds. The number of piperazine rings is 2. The summed E-state index contributed by atoms with van der Waals surface area (Å²) in [6, 6.07) is 9.01. The van der Waals surface area contributed by atoms with Gasteiger partial charge in [0.25, 0.3) is 5.91 Å². The third-order valence-electron chi connectivity index (χ3n) is 4.66. The molecule has 4 rings (SSSR count). The molecule has 2 aliphatic rings. The normalized spacial score (nSPS) is 21.2. The van der Waals surface area contributed by atoms with E-state index in [1.165, 1.54) is 0 Å². The van der Waals surface area contributed by atoms with Crippen LogP contribution in [0.4, 0.5) is 0 Å². The van der Waals surface area contributed by atoms with E-state index in [-0.39, 0.29) is 17.9 Å². The minimum atomic E-state index is -0.222. The number of aromatic nitrogens is 2. The average molecular weight is 325 g/mol. The topological polar surface area (TPSA) is 70.5 Å². The van der Waals surface area contributed by atoms with Crippen molar-refractivity contribution in [3.05, 3.63) is 48.3 Å². The first-order valence-electron chi connectivity index (χ1n) is 8.13. The van der Waals surface area contributed by atoms with Crippen LogP contribution in [-0.4, -0.2) is 70.2 Å². The number of carbonyl (C=O) groups excluding carboxylic acids is 2. The van der Waals surface area contributed by atoms with Crippen LogP contribution in [0.3, 0.4) is 0 Å². The fraction of sp³-hybridized carbons (Fsp3) is 0.353. The van der Waals surface area contributed by atoms with Crippen LogP contribution in [0.25, 0.3) is 5.69 Å². The molecule has 7 heteroatoms. The van der Waals surface area contributed by atoms with E-state index < -0.39 is 0 Å². The molecule has 0 radical (unpaired) electrons. The molecule has 0 saturated carbocycles. The van der Waals surface area contributed by atoms with Gasteiger partial charge in [0.15, 0.2) is 0 Å². The van der Waals surface area contributed by atoms with Gasteiger partial charge in [0.1, 0.15) is 6.04 Å². The molecule has 0 bridgehead atoms. The molecule has 0 aliphatic carbocycles. The molecule has 124 valence electrons. The maximum absolute atomic E-state index is 12.7. The van der Waals surface area contributed by atoms with E-state index in [4.69, 9.17) is 0 Å². The first-order chi connectivity index (χ1) is 11.7. The Morgan fingerprint density at radius 1 is 1.17 bits per heavy atom. The molecule has 24 heavy (non-hydrogen) atoms. The van der Waals surface area contributed by atoms with Crippen molar-refractivity contribution in [1.82, 2.24) is 24.9 Å². The van der Waals surface area contributed by atoms with Gasteiger partial charge in [-0.05, 0) is 30.3 Å². The number of benzene rings is 1. The molecule has 3 heterocycles. The highest BCUT2D eigenvalue weighted by Gasteiger charge is 2.36. The summed E-state index contributed by atoms with van der Waals surface area (Å²) in [7, 11) is 0. The smallest absolute Gasteiger partial charge is 0.253 e. The molecule has 2 saturated heterocycles. The van der Waals surface area contributed by atoms with Crippen LogP contribution in [0, 0.1) is 0 Å². The van der Waals surface area contributed by atoms with Gasteiger partial charge >= 0.3 is 0 Å². The minimum Gasteiger partial charge on any atom is -0.353 e. The summed E-state index contributed by atoms with van der Waals surface area (Å²) in [6.45, 7) is 3.40. The number of nitrogens with zero attached hydrogens (tertiary/aromatic N) is 4. The fourth-order valence-electron chi connectivity index (χ4n) is 3.32. The van der Waals surface area contributed by atoms with Crippen LogP contribution in [-0.2, 0) is 4.79 Å². The van der Waals surface area contributed by atoms with Crippen molar-refractivity contribution in [2.24, 2.45) is 0 Å². The summed E-state index contributed by atoms with van der Waals surface area (Å²) in [4.78, 5) is 28.7. The molecule has 7 nitrogen and oxygen atoms in total. The number of hydrogen-bond donors (Lipinski definition) is 1. The second kappa shape index (κ2) is 6.09. The maximum atomic E-state index is 12.7. The molecule has 2 aliphatic heterocycles. The lowest BCUT2D eigenvalue weighted by Gasteiger charge is -2.43. The Kier molecular flexibility index (Phi) is 3.78. The maximum Gasteiger partial charge on any atom is 0.253 e. The van der Waals surface area contributed by atoms with E-state index >= 15 is 0 Å². The van der Waals surface area contributed by atoms with Gasteiger partial charge in [-0.15, -0.1) is 0 Å². The zero-order valence-corrected chi connectivity index (χ0v) is 13.3. The Hall–Kier alpha value is -2.67. The van der Waals surface area contributed by atoms with E-state index in [0.29, 0.717) is 25.2 Å². The Balaban J connectivity index is 1.48. The number of carbonyl (C=O) groups is 2. The summed E-state index contributed by atoms with van der Waals surface area (Å²) in [6.07, 6.45) is 3.57. The first kappa shape index (κ1) is 14.9. The Bertz CT molecular complexity index is 741. The summed E-state index contributed by atoms with van der Waals surface area (Å²) in [5.74, 6) is -0.00665. The molecular formula is C17H19N5O2. The third-order valence-corrected chi connectivity index (χ3v) is 4.66. The van der Waals surface area contributed by atoms with Gasteiger partial charge in [-0.25, -0.2) is 4.68 Å². The van der Waals surface area contributed by atoms with E-state index in [9.17, 15) is 9.59 Å². The Morgan fingerprint density at radius 3 is 2.75 bits per heavy atom. The largest absolute Gasteiger partial charge is 0.353 e.